The Morgan fingerprint density at radius 3 is 2.74 bits per heavy atom. The lowest BCUT2D eigenvalue weighted by atomic mass is 10.1. The molecular weight excluding hydrogens is 246 g/mol. The van der Waals surface area contributed by atoms with Crippen LogP contribution < -0.4 is 5.32 Å². The van der Waals surface area contributed by atoms with E-state index in [4.69, 9.17) is 9.84 Å². The van der Waals surface area contributed by atoms with Crippen molar-refractivity contribution in [2.45, 2.75) is 12.3 Å². The Bertz CT molecular complexity index is 418. The average molecular weight is 265 g/mol. The normalized spacial score (nSPS) is 21.1. The third-order valence-corrected chi connectivity index (χ3v) is 3.23. The summed E-state index contributed by atoms with van der Waals surface area (Å²) in [6, 6.07) is 7.01. The van der Waals surface area contributed by atoms with Gasteiger partial charge in [0.15, 0.2) is 0 Å². The molecule has 0 heterocycles. The van der Waals surface area contributed by atoms with E-state index in [9.17, 15) is 9.90 Å². The molecule has 1 aliphatic rings. The highest BCUT2D eigenvalue weighted by Crippen LogP contribution is 2.47. The van der Waals surface area contributed by atoms with Crippen molar-refractivity contribution in [3.05, 3.63) is 29.8 Å². The average Bonchev–Trinajstić information content (AvgIpc) is 3.19. The topological polar surface area (TPSA) is 78.8 Å². The van der Waals surface area contributed by atoms with Crippen molar-refractivity contribution in [1.29, 1.82) is 0 Å². The van der Waals surface area contributed by atoms with Crippen LogP contribution in [0.1, 0.15) is 17.9 Å². The number of carbonyl (C=O) groups is 1. The summed E-state index contributed by atoms with van der Waals surface area (Å²) in [4.78, 5) is 11.8. The van der Waals surface area contributed by atoms with Crippen LogP contribution in [0.5, 0.6) is 5.75 Å². The number of rotatable bonds is 7. The fraction of sp³-hybridized carbons (Fsp3) is 0.500. The second-order valence-electron chi connectivity index (χ2n) is 4.67. The standard InChI is InChI=1S/C14H19NO4/c16-6-8-19-7-5-15-14(18)13-9-12(13)10-1-3-11(17)4-2-10/h1-4,12-13,16-17H,5-9H2,(H,15,18). The molecule has 2 rings (SSSR count). The zero-order valence-electron chi connectivity index (χ0n) is 10.7. The van der Waals surface area contributed by atoms with Crippen LogP contribution in [-0.2, 0) is 9.53 Å². The Labute approximate surface area is 112 Å². The number of hydrogen-bond donors (Lipinski definition) is 3. The zero-order chi connectivity index (χ0) is 13.7. The molecule has 1 aliphatic carbocycles. The van der Waals surface area contributed by atoms with E-state index in [2.05, 4.69) is 5.32 Å². The zero-order valence-corrected chi connectivity index (χ0v) is 10.7. The molecular formula is C14H19NO4. The van der Waals surface area contributed by atoms with Gasteiger partial charge in [-0.2, -0.15) is 0 Å². The molecule has 5 heteroatoms. The Morgan fingerprint density at radius 2 is 2.05 bits per heavy atom. The number of hydrogen-bond acceptors (Lipinski definition) is 4. The molecule has 0 bridgehead atoms. The summed E-state index contributed by atoms with van der Waals surface area (Å²) in [7, 11) is 0. The Hall–Kier alpha value is -1.59. The van der Waals surface area contributed by atoms with E-state index in [-0.39, 0.29) is 30.1 Å². The van der Waals surface area contributed by atoms with Gasteiger partial charge in [-0.15, -0.1) is 0 Å². The summed E-state index contributed by atoms with van der Waals surface area (Å²) >= 11 is 0. The summed E-state index contributed by atoms with van der Waals surface area (Å²) in [5, 5.41) is 20.6. The fourth-order valence-corrected chi connectivity index (χ4v) is 2.12. The number of aromatic hydroxyl groups is 1. The molecule has 104 valence electrons. The lowest BCUT2D eigenvalue weighted by Gasteiger charge is -2.05. The first-order chi connectivity index (χ1) is 9.22. The first kappa shape index (κ1) is 13.8. The lowest BCUT2D eigenvalue weighted by Crippen LogP contribution is -2.29. The van der Waals surface area contributed by atoms with Gasteiger partial charge in [-0.05, 0) is 30.0 Å². The predicted molar refractivity (Wildman–Crippen MR) is 69.9 cm³/mol. The van der Waals surface area contributed by atoms with Crippen LogP contribution in [0.25, 0.3) is 0 Å². The van der Waals surface area contributed by atoms with Crippen LogP contribution in [-0.4, -0.2) is 42.5 Å². The van der Waals surface area contributed by atoms with Crippen molar-refractivity contribution >= 4 is 5.91 Å². The number of aliphatic hydroxyl groups excluding tert-OH is 1. The summed E-state index contributed by atoms with van der Waals surface area (Å²) < 4.78 is 5.07. The minimum absolute atomic E-state index is 0.000498. The number of phenols is 1. The van der Waals surface area contributed by atoms with Crippen molar-refractivity contribution in [3.63, 3.8) is 0 Å². The molecule has 0 spiro atoms. The van der Waals surface area contributed by atoms with Crippen molar-refractivity contribution in [1.82, 2.24) is 5.32 Å². The smallest absolute Gasteiger partial charge is 0.223 e. The van der Waals surface area contributed by atoms with Gasteiger partial charge in [0.2, 0.25) is 5.91 Å². The highest BCUT2D eigenvalue weighted by Gasteiger charge is 2.43. The number of benzene rings is 1. The van der Waals surface area contributed by atoms with Crippen molar-refractivity contribution in [2.24, 2.45) is 5.92 Å². The van der Waals surface area contributed by atoms with E-state index in [1.165, 1.54) is 0 Å². The number of amides is 1. The van der Waals surface area contributed by atoms with E-state index >= 15 is 0 Å². The Morgan fingerprint density at radius 1 is 1.32 bits per heavy atom. The lowest BCUT2D eigenvalue weighted by molar-refractivity contribution is -0.122. The predicted octanol–water partition coefficient (Wildman–Crippen LogP) is 0.621. The highest BCUT2D eigenvalue weighted by molar-refractivity contribution is 5.82. The fourth-order valence-electron chi connectivity index (χ4n) is 2.12. The maximum atomic E-state index is 11.8. The van der Waals surface area contributed by atoms with Gasteiger partial charge >= 0.3 is 0 Å². The van der Waals surface area contributed by atoms with E-state index in [0.717, 1.165) is 12.0 Å². The molecule has 1 fully saturated rings. The molecule has 0 saturated heterocycles. The van der Waals surface area contributed by atoms with Crippen LogP contribution in [0, 0.1) is 5.92 Å². The van der Waals surface area contributed by atoms with E-state index in [1.807, 2.05) is 12.1 Å². The van der Waals surface area contributed by atoms with E-state index in [0.29, 0.717) is 19.8 Å². The molecule has 3 N–H and O–H groups in total. The monoisotopic (exact) mass is 265 g/mol. The van der Waals surface area contributed by atoms with Gasteiger partial charge in [0, 0.05) is 12.5 Å². The molecule has 2 atom stereocenters. The van der Waals surface area contributed by atoms with Gasteiger partial charge in [0.25, 0.3) is 0 Å². The molecule has 1 saturated carbocycles. The van der Waals surface area contributed by atoms with Gasteiger partial charge < -0.3 is 20.3 Å². The number of nitrogens with one attached hydrogen (secondary N) is 1. The van der Waals surface area contributed by atoms with Gasteiger partial charge in [0.05, 0.1) is 19.8 Å². The van der Waals surface area contributed by atoms with Crippen LogP contribution in [0.3, 0.4) is 0 Å². The second kappa shape index (κ2) is 6.54. The second-order valence-corrected chi connectivity index (χ2v) is 4.67. The highest BCUT2D eigenvalue weighted by atomic mass is 16.5. The summed E-state index contributed by atoms with van der Waals surface area (Å²) in [6.07, 6.45) is 0.855. The first-order valence-electron chi connectivity index (χ1n) is 6.47. The van der Waals surface area contributed by atoms with Crippen LogP contribution in [0.2, 0.25) is 0 Å². The van der Waals surface area contributed by atoms with E-state index < -0.39 is 0 Å². The third kappa shape index (κ3) is 3.94. The minimum Gasteiger partial charge on any atom is -0.508 e. The Kier molecular flexibility index (Phi) is 4.76. The molecule has 19 heavy (non-hydrogen) atoms. The number of carbonyl (C=O) groups excluding carboxylic acids is 1. The molecule has 1 aromatic carbocycles. The number of phenolic OH excluding ortho intramolecular Hbond substituents is 1. The molecule has 1 amide bonds. The molecule has 0 aliphatic heterocycles. The molecule has 1 aromatic rings. The SMILES string of the molecule is O=C(NCCOCCO)C1CC1c1ccc(O)cc1. The number of aliphatic hydroxyl groups is 1. The van der Waals surface area contributed by atoms with Crippen LogP contribution in [0.4, 0.5) is 0 Å². The summed E-state index contributed by atoms with van der Waals surface area (Å²) in [6.45, 7) is 1.19. The maximum Gasteiger partial charge on any atom is 0.223 e. The minimum atomic E-state index is -0.000498. The molecule has 0 aromatic heterocycles. The molecule has 0 radical (unpaired) electrons. The first-order valence-corrected chi connectivity index (χ1v) is 6.47. The summed E-state index contributed by atoms with van der Waals surface area (Å²) in [5.41, 5.74) is 1.09. The van der Waals surface area contributed by atoms with Gasteiger partial charge in [0.1, 0.15) is 5.75 Å². The molecule has 2 unspecified atom stereocenters. The third-order valence-electron chi connectivity index (χ3n) is 3.23. The molecule has 5 nitrogen and oxygen atoms in total. The van der Waals surface area contributed by atoms with Crippen molar-refractivity contribution < 1.29 is 19.7 Å². The maximum absolute atomic E-state index is 11.8. The van der Waals surface area contributed by atoms with E-state index in [1.54, 1.807) is 12.1 Å². The van der Waals surface area contributed by atoms with Crippen LogP contribution in [0.15, 0.2) is 24.3 Å². The van der Waals surface area contributed by atoms with Crippen LogP contribution >= 0.6 is 0 Å². The quantitative estimate of drug-likeness (QED) is 0.632. The summed E-state index contributed by atoms with van der Waals surface area (Å²) in [5.74, 6) is 0.582. The largest absolute Gasteiger partial charge is 0.508 e. The van der Waals surface area contributed by atoms with Gasteiger partial charge in [-0.1, -0.05) is 12.1 Å². The Balaban J connectivity index is 1.70. The van der Waals surface area contributed by atoms with Gasteiger partial charge in [-0.3, -0.25) is 4.79 Å². The van der Waals surface area contributed by atoms with Gasteiger partial charge in [-0.25, -0.2) is 0 Å². The number of ether oxygens (including phenoxy) is 1. The van der Waals surface area contributed by atoms with Crippen molar-refractivity contribution in [2.75, 3.05) is 26.4 Å². The van der Waals surface area contributed by atoms with Crippen molar-refractivity contribution in [3.8, 4) is 5.75 Å².